The minimum Gasteiger partial charge on any atom is -0.378 e. The molecule has 0 aliphatic carbocycles. The zero-order chi connectivity index (χ0) is 10.7. The van der Waals surface area contributed by atoms with Gasteiger partial charge in [-0.1, -0.05) is 0 Å². The molecule has 2 N–H and O–H groups in total. The van der Waals surface area contributed by atoms with Gasteiger partial charge < -0.3 is 10.6 Å². The summed E-state index contributed by atoms with van der Waals surface area (Å²) in [5, 5.41) is 14.3. The second-order valence-electron chi connectivity index (χ2n) is 3.20. The molecule has 0 bridgehead atoms. The normalized spacial score (nSPS) is 10.8. The molecule has 1 aromatic heterocycles. The summed E-state index contributed by atoms with van der Waals surface area (Å²) in [6.07, 6.45) is 1.17. The lowest BCUT2D eigenvalue weighted by atomic mass is 10.5. The number of aromatic nitrogens is 2. The number of nitrogen functional groups attached to an aromatic ring is 1. The van der Waals surface area contributed by atoms with Gasteiger partial charge in [0.1, 0.15) is 6.20 Å². The highest BCUT2D eigenvalue weighted by Gasteiger charge is 2.16. The SMILES string of the molecule is CN(C)CCn1ncc([N+](=O)[O-])c1N. The van der Waals surface area contributed by atoms with Crippen LogP contribution in [0.1, 0.15) is 0 Å². The Bertz CT molecular complexity index is 333. The fourth-order valence-corrected chi connectivity index (χ4v) is 0.999. The van der Waals surface area contributed by atoms with Crippen LogP contribution in [0.3, 0.4) is 0 Å². The lowest BCUT2D eigenvalue weighted by Crippen LogP contribution is -2.19. The monoisotopic (exact) mass is 199 g/mol. The molecule has 0 aliphatic rings. The van der Waals surface area contributed by atoms with E-state index in [4.69, 9.17) is 5.73 Å². The molecule has 14 heavy (non-hydrogen) atoms. The van der Waals surface area contributed by atoms with Crippen LogP contribution in [0.4, 0.5) is 11.5 Å². The molecule has 0 unspecified atom stereocenters. The predicted octanol–water partition coefficient (Wildman–Crippen LogP) is -0.0649. The summed E-state index contributed by atoms with van der Waals surface area (Å²) in [5.41, 5.74) is 5.40. The van der Waals surface area contributed by atoms with Crippen molar-refractivity contribution in [2.24, 2.45) is 0 Å². The first-order valence-corrected chi connectivity index (χ1v) is 4.12. The van der Waals surface area contributed by atoms with E-state index in [2.05, 4.69) is 5.10 Å². The fourth-order valence-electron chi connectivity index (χ4n) is 0.999. The topological polar surface area (TPSA) is 90.2 Å². The largest absolute Gasteiger partial charge is 0.378 e. The number of likely N-dealkylation sites (N-methyl/N-ethyl adjacent to an activating group) is 1. The molecule has 0 aromatic carbocycles. The summed E-state index contributed by atoms with van der Waals surface area (Å²) in [4.78, 5) is 11.9. The summed E-state index contributed by atoms with van der Waals surface area (Å²) in [7, 11) is 3.82. The lowest BCUT2D eigenvalue weighted by Gasteiger charge is -2.09. The van der Waals surface area contributed by atoms with E-state index in [1.165, 1.54) is 10.9 Å². The third kappa shape index (κ3) is 2.19. The maximum Gasteiger partial charge on any atom is 0.330 e. The zero-order valence-corrected chi connectivity index (χ0v) is 8.17. The summed E-state index contributed by atoms with van der Waals surface area (Å²) >= 11 is 0. The third-order valence-corrected chi connectivity index (χ3v) is 1.82. The van der Waals surface area contributed by atoms with Gasteiger partial charge in [-0.25, -0.2) is 4.68 Å². The molecule has 7 nitrogen and oxygen atoms in total. The molecule has 78 valence electrons. The molecule has 0 fully saturated rings. The molecule has 0 radical (unpaired) electrons. The average Bonchev–Trinajstić information content (AvgIpc) is 2.43. The molecular formula is C7H13N5O2. The van der Waals surface area contributed by atoms with Gasteiger partial charge >= 0.3 is 5.69 Å². The van der Waals surface area contributed by atoms with Crippen molar-refractivity contribution in [3.63, 3.8) is 0 Å². The van der Waals surface area contributed by atoms with Crippen molar-refractivity contribution in [2.45, 2.75) is 6.54 Å². The second kappa shape index (κ2) is 4.05. The van der Waals surface area contributed by atoms with Crippen molar-refractivity contribution < 1.29 is 4.92 Å². The Labute approximate surface area is 81.3 Å². The molecule has 7 heteroatoms. The van der Waals surface area contributed by atoms with Crippen molar-refractivity contribution in [3.8, 4) is 0 Å². The fraction of sp³-hybridized carbons (Fsp3) is 0.571. The van der Waals surface area contributed by atoms with E-state index in [9.17, 15) is 10.1 Å². The Morgan fingerprint density at radius 2 is 2.36 bits per heavy atom. The molecule has 0 spiro atoms. The van der Waals surface area contributed by atoms with E-state index >= 15 is 0 Å². The Morgan fingerprint density at radius 1 is 1.71 bits per heavy atom. The van der Waals surface area contributed by atoms with Crippen LogP contribution in [0.25, 0.3) is 0 Å². The van der Waals surface area contributed by atoms with Gasteiger partial charge in [0.2, 0.25) is 5.82 Å². The van der Waals surface area contributed by atoms with Gasteiger partial charge in [0.15, 0.2) is 0 Å². The maximum atomic E-state index is 10.4. The van der Waals surface area contributed by atoms with Crippen molar-refractivity contribution in [1.82, 2.24) is 14.7 Å². The number of nitro groups is 1. The highest BCUT2D eigenvalue weighted by Crippen LogP contribution is 2.19. The number of nitrogens with zero attached hydrogens (tertiary/aromatic N) is 4. The molecular weight excluding hydrogens is 186 g/mol. The van der Waals surface area contributed by atoms with Crippen LogP contribution in [0.2, 0.25) is 0 Å². The summed E-state index contributed by atoms with van der Waals surface area (Å²) in [5.74, 6) is 0.108. The van der Waals surface area contributed by atoms with Gasteiger partial charge in [0.05, 0.1) is 11.5 Å². The lowest BCUT2D eigenvalue weighted by molar-refractivity contribution is -0.384. The quantitative estimate of drug-likeness (QED) is 0.541. The van der Waals surface area contributed by atoms with Crippen molar-refractivity contribution >= 4 is 11.5 Å². The first-order chi connectivity index (χ1) is 6.52. The van der Waals surface area contributed by atoms with Crippen LogP contribution < -0.4 is 5.73 Å². The van der Waals surface area contributed by atoms with Crippen LogP contribution >= 0.6 is 0 Å². The van der Waals surface area contributed by atoms with E-state index in [-0.39, 0.29) is 11.5 Å². The number of anilines is 1. The van der Waals surface area contributed by atoms with Crippen LogP contribution in [-0.2, 0) is 6.54 Å². The van der Waals surface area contributed by atoms with Crippen molar-refractivity contribution in [1.29, 1.82) is 0 Å². The zero-order valence-electron chi connectivity index (χ0n) is 8.17. The van der Waals surface area contributed by atoms with Gasteiger partial charge in [-0.3, -0.25) is 10.1 Å². The number of rotatable bonds is 4. The smallest absolute Gasteiger partial charge is 0.330 e. The Hall–Kier alpha value is -1.63. The highest BCUT2D eigenvalue weighted by molar-refractivity contribution is 5.51. The highest BCUT2D eigenvalue weighted by atomic mass is 16.6. The summed E-state index contributed by atoms with van der Waals surface area (Å²) in [6, 6.07) is 0. The molecule has 0 saturated heterocycles. The average molecular weight is 199 g/mol. The minimum atomic E-state index is -0.533. The first kappa shape index (κ1) is 10.5. The number of hydrogen-bond acceptors (Lipinski definition) is 5. The molecule has 1 heterocycles. The molecule has 0 atom stereocenters. The van der Waals surface area contributed by atoms with Gasteiger partial charge in [-0.05, 0) is 14.1 Å². The molecule has 0 aliphatic heterocycles. The summed E-state index contributed by atoms with van der Waals surface area (Å²) < 4.78 is 1.43. The van der Waals surface area contributed by atoms with Crippen LogP contribution in [0, 0.1) is 10.1 Å². The van der Waals surface area contributed by atoms with E-state index in [0.717, 1.165) is 6.54 Å². The van der Waals surface area contributed by atoms with Gasteiger partial charge in [0.25, 0.3) is 0 Å². The van der Waals surface area contributed by atoms with Gasteiger partial charge in [-0.15, -0.1) is 0 Å². The maximum absolute atomic E-state index is 10.4. The van der Waals surface area contributed by atoms with Crippen LogP contribution in [-0.4, -0.2) is 40.2 Å². The molecule has 0 saturated carbocycles. The Balaban J connectivity index is 2.74. The number of hydrogen-bond donors (Lipinski definition) is 1. The molecule has 1 aromatic rings. The van der Waals surface area contributed by atoms with E-state index in [1.54, 1.807) is 0 Å². The van der Waals surface area contributed by atoms with Crippen LogP contribution in [0.5, 0.6) is 0 Å². The number of nitrogens with two attached hydrogens (primary N) is 1. The Morgan fingerprint density at radius 3 is 2.79 bits per heavy atom. The van der Waals surface area contributed by atoms with Crippen molar-refractivity contribution in [2.75, 3.05) is 26.4 Å². The molecule has 1 rings (SSSR count). The van der Waals surface area contributed by atoms with E-state index in [1.807, 2.05) is 19.0 Å². The third-order valence-electron chi connectivity index (χ3n) is 1.82. The van der Waals surface area contributed by atoms with Gasteiger partial charge in [-0.2, -0.15) is 5.10 Å². The van der Waals surface area contributed by atoms with Gasteiger partial charge in [0, 0.05) is 6.54 Å². The van der Waals surface area contributed by atoms with E-state index < -0.39 is 4.92 Å². The van der Waals surface area contributed by atoms with Crippen molar-refractivity contribution in [3.05, 3.63) is 16.3 Å². The second-order valence-corrected chi connectivity index (χ2v) is 3.20. The Kier molecular flexibility index (Phi) is 3.03. The standard InChI is InChI=1S/C7H13N5O2/c1-10(2)3-4-11-7(8)6(5-9-11)12(13)14/h5H,3-4,8H2,1-2H3. The first-order valence-electron chi connectivity index (χ1n) is 4.12. The molecule has 0 amide bonds. The predicted molar refractivity (Wildman–Crippen MR) is 51.8 cm³/mol. The minimum absolute atomic E-state index is 0.108. The van der Waals surface area contributed by atoms with E-state index in [0.29, 0.717) is 6.54 Å². The van der Waals surface area contributed by atoms with Crippen LogP contribution in [0.15, 0.2) is 6.20 Å². The summed E-state index contributed by atoms with van der Waals surface area (Å²) in [6.45, 7) is 1.29.